The van der Waals surface area contributed by atoms with Gasteiger partial charge in [-0.05, 0) is 60.0 Å². The van der Waals surface area contributed by atoms with Gasteiger partial charge in [-0.15, -0.1) is 0 Å². The van der Waals surface area contributed by atoms with Crippen LogP contribution in [0.5, 0.6) is 11.5 Å². The number of carbonyl (C=O) groups is 1. The van der Waals surface area contributed by atoms with Crippen LogP contribution in [0.15, 0.2) is 91.1 Å². The van der Waals surface area contributed by atoms with E-state index < -0.39 is 0 Å². The summed E-state index contributed by atoms with van der Waals surface area (Å²) < 4.78 is 13.2. The minimum absolute atomic E-state index is 0.130. The Morgan fingerprint density at radius 2 is 1.73 bits per heavy atom. The SMILES string of the molecule is CCn1ccc(C(=O)/C=C/c2ccc(OC)c(COc3ccc(-c4ccccc4)cc3)c2)n1. The number of aryl methyl sites for hydroxylation is 1. The molecule has 0 saturated carbocycles. The van der Waals surface area contributed by atoms with Gasteiger partial charge in [-0.1, -0.05) is 54.6 Å². The molecule has 33 heavy (non-hydrogen) atoms. The molecule has 5 heteroatoms. The first-order chi connectivity index (χ1) is 16.2. The topological polar surface area (TPSA) is 53.4 Å². The highest BCUT2D eigenvalue weighted by atomic mass is 16.5. The smallest absolute Gasteiger partial charge is 0.206 e. The highest BCUT2D eigenvalue weighted by Crippen LogP contribution is 2.25. The molecular formula is C28H26N2O3. The third-order valence-electron chi connectivity index (χ3n) is 5.30. The summed E-state index contributed by atoms with van der Waals surface area (Å²) in [4.78, 5) is 12.4. The molecule has 0 aliphatic heterocycles. The van der Waals surface area contributed by atoms with Crippen molar-refractivity contribution in [3.05, 3.63) is 108 Å². The molecule has 4 rings (SSSR count). The van der Waals surface area contributed by atoms with Crippen molar-refractivity contribution < 1.29 is 14.3 Å². The molecule has 0 atom stereocenters. The van der Waals surface area contributed by atoms with Crippen LogP contribution in [-0.4, -0.2) is 22.7 Å². The third kappa shape index (κ3) is 5.57. The van der Waals surface area contributed by atoms with E-state index in [2.05, 4.69) is 17.2 Å². The average Bonchev–Trinajstić information content (AvgIpc) is 3.36. The molecule has 0 unspecified atom stereocenters. The number of methoxy groups -OCH3 is 1. The molecule has 4 aromatic rings. The second-order valence-electron chi connectivity index (χ2n) is 7.50. The molecule has 0 radical (unpaired) electrons. The standard InChI is InChI=1S/C28H26N2O3/c1-3-30-18-17-26(29-30)27(31)15-9-21-10-16-28(32-2)24(19-21)20-33-25-13-11-23(12-14-25)22-7-5-4-6-8-22/h4-19H,3,20H2,1-2H3/b15-9+. The normalized spacial score (nSPS) is 11.0. The maximum absolute atomic E-state index is 12.4. The average molecular weight is 439 g/mol. The molecule has 0 bridgehead atoms. The van der Waals surface area contributed by atoms with Gasteiger partial charge in [0, 0.05) is 18.3 Å². The summed E-state index contributed by atoms with van der Waals surface area (Å²) in [5.41, 5.74) is 4.53. The fourth-order valence-corrected chi connectivity index (χ4v) is 3.48. The minimum Gasteiger partial charge on any atom is -0.496 e. The first kappa shape index (κ1) is 22.1. The number of rotatable bonds is 9. The molecule has 0 aliphatic rings. The summed E-state index contributed by atoms with van der Waals surface area (Å²) >= 11 is 0. The molecule has 0 fully saturated rings. The van der Waals surface area contributed by atoms with Crippen molar-refractivity contribution in [1.82, 2.24) is 9.78 Å². The van der Waals surface area contributed by atoms with Crippen molar-refractivity contribution in [3.8, 4) is 22.6 Å². The molecule has 0 amide bonds. The number of allylic oxidation sites excluding steroid dienone is 1. The molecule has 0 N–H and O–H groups in total. The number of nitrogens with zero attached hydrogens (tertiary/aromatic N) is 2. The van der Waals surface area contributed by atoms with Crippen LogP contribution in [-0.2, 0) is 13.2 Å². The molecule has 0 spiro atoms. The molecule has 5 nitrogen and oxygen atoms in total. The highest BCUT2D eigenvalue weighted by Gasteiger charge is 2.08. The van der Waals surface area contributed by atoms with E-state index in [1.165, 1.54) is 11.6 Å². The van der Waals surface area contributed by atoms with Crippen LogP contribution in [0.4, 0.5) is 0 Å². The van der Waals surface area contributed by atoms with Gasteiger partial charge in [0.25, 0.3) is 0 Å². The van der Waals surface area contributed by atoms with Gasteiger partial charge in [-0.25, -0.2) is 0 Å². The lowest BCUT2D eigenvalue weighted by atomic mass is 10.1. The quantitative estimate of drug-likeness (QED) is 0.236. The van der Waals surface area contributed by atoms with E-state index in [9.17, 15) is 4.79 Å². The van der Waals surface area contributed by atoms with Crippen molar-refractivity contribution in [3.63, 3.8) is 0 Å². The number of ether oxygens (including phenoxy) is 2. The number of aromatic nitrogens is 2. The Labute approximate surface area is 193 Å². The Balaban J connectivity index is 1.44. The van der Waals surface area contributed by atoms with Gasteiger partial charge in [0.2, 0.25) is 5.78 Å². The fourth-order valence-electron chi connectivity index (χ4n) is 3.48. The summed E-state index contributed by atoms with van der Waals surface area (Å²) in [5.74, 6) is 1.38. The number of hydrogen-bond donors (Lipinski definition) is 0. The minimum atomic E-state index is -0.130. The van der Waals surface area contributed by atoms with E-state index in [-0.39, 0.29) is 5.78 Å². The second-order valence-corrected chi connectivity index (χ2v) is 7.50. The van der Waals surface area contributed by atoms with Crippen molar-refractivity contribution in [2.45, 2.75) is 20.1 Å². The van der Waals surface area contributed by atoms with Crippen molar-refractivity contribution >= 4 is 11.9 Å². The second kappa shape index (κ2) is 10.5. The Morgan fingerprint density at radius 1 is 0.970 bits per heavy atom. The van der Waals surface area contributed by atoms with Gasteiger partial charge in [-0.3, -0.25) is 9.48 Å². The van der Waals surface area contributed by atoms with Gasteiger partial charge >= 0.3 is 0 Å². The van der Waals surface area contributed by atoms with Crippen LogP contribution in [0.25, 0.3) is 17.2 Å². The van der Waals surface area contributed by atoms with E-state index in [4.69, 9.17) is 9.47 Å². The summed E-state index contributed by atoms with van der Waals surface area (Å²) in [7, 11) is 1.64. The monoisotopic (exact) mass is 438 g/mol. The predicted molar refractivity (Wildman–Crippen MR) is 130 cm³/mol. The molecule has 0 aliphatic carbocycles. The Hall–Kier alpha value is -4.12. The van der Waals surface area contributed by atoms with Crippen LogP contribution in [0.1, 0.15) is 28.5 Å². The van der Waals surface area contributed by atoms with E-state index >= 15 is 0 Å². The lowest BCUT2D eigenvalue weighted by molar-refractivity contribution is 0.104. The van der Waals surface area contributed by atoms with Crippen LogP contribution >= 0.6 is 0 Å². The Morgan fingerprint density at radius 3 is 2.42 bits per heavy atom. The van der Waals surface area contributed by atoms with Gasteiger partial charge < -0.3 is 9.47 Å². The molecule has 3 aromatic carbocycles. The number of benzene rings is 3. The van der Waals surface area contributed by atoms with Crippen molar-refractivity contribution in [2.24, 2.45) is 0 Å². The van der Waals surface area contributed by atoms with Crippen LogP contribution in [0.3, 0.4) is 0 Å². The van der Waals surface area contributed by atoms with E-state index in [1.807, 2.05) is 67.6 Å². The lowest BCUT2D eigenvalue weighted by Gasteiger charge is -2.12. The zero-order chi connectivity index (χ0) is 23.0. The highest BCUT2D eigenvalue weighted by molar-refractivity contribution is 6.05. The largest absolute Gasteiger partial charge is 0.496 e. The summed E-state index contributed by atoms with van der Waals surface area (Å²) in [5, 5.41) is 4.25. The zero-order valence-electron chi connectivity index (χ0n) is 18.8. The summed E-state index contributed by atoms with van der Waals surface area (Å²) in [6.45, 7) is 3.06. The molecule has 0 saturated heterocycles. The van der Waals surface area contributed by atoms with Gasteiger partial charge in [-0.2, -0.15) is 5.10 Å². The molecule has 166 valence electrons. The third-order valence-corrected chi connectivity index (χ3v) is 5.30. The molecular weight excluding hydrogens is 412 g/mol. The van der Waals surface area contributed by atoms with E-state index in [0.717, 1.165) is 34.7 Å². The van der Waals surface area contributed by atoms with Crippen molar-refractivity contribution in [2.75, 3.05) is 7.11 Å². The summed E-state index contributed by atoms with van der Waals surface area (Å²) in [6, 6.07) is 25.7. The first-order valence-corrected chi connectivity index (χ1v) is 10.9. The molecule has 1 aromatic heterocycles. The number of carbonyl (C=O) groups excluding carboxylic acids is 1. The molecule has 1 heterocycles. The Bertz CT molecular complexity index is 1240. The van der Waals surface area contributed by atoms with Crippen molar-refractivity contribution in [1.29, 1.82) is 0 Å². The zero-order valence-corrected chi connectivity index (χ0v) is 18.8. The van der Waals surface area contributed by atoms with Crippen LogP contribution < -0.4 is 9.47 Å². The first-order valence-electron chi connectivity index (χ1n) is 10.9. The maximum Gasteiger partial charge on any atom is 0.206 e. The van der Waals surface area contributed by atoms with Gasteiger partial charge in [0.1, 0.15) is 23.8 Å². The summed E-state index contributed by atoms with van der Waals surface area (Å²) in [6.07, 6.45) is 5.12. The van der Waals surface area contributed by atoms with Crippen LogP contribution in [0.2, 0.25) is 0 Å². The lowest BCUT2D eigenvalue weighted by Crippen LogP contribution is -2.00. The predicted octanol–water partition coefficient (Wildman–Crippen LogP) is 6.05. The Kier molecular flexibility index (Phi) is 7.00. The number of ketones is 1. The van der Waals surface area contributed by atoms with E-state index in [1.54, 1.807) is 30.1 Å². The van der Waals surface area contributed by atoms with Crippen LogP contribution in [0, 0.1) is 0 Å². The van der Waals surface area contributed by atoms with Gasteiger partial charge in [0.05, 0.1) is 7.11 Å². The fraction of sp³-hybridized carbons (Fsp3) is 0.143. The van der Waals surface area contributed by atoms with Gasteiger partial charge in [0.15, 0.2) is 0 Å². The maximum atomic E-state index is 12.4. The number of hydrogen-bond acceptors (Lipinski definition) is 4. The van der Waals surface area contributed by atoms with E-state index in [0.29, 0.717) is 12.3 Å².